The fourth-order valence-corrected chi connectivity index (χ4v) is 11.7. The molecule has 0 aromatic heterocycles. The largest absolute Gasteiger partial charge is 0.472 e. The molecule has 0 saturated heterocycles. The van der Waals surface area contributed by atoms with Crippen LogP contribution in [0.25, 0.3) is 0 Å². The second kappa shape index (κ2) is 59.1. The summed E-state index contributed by atoms with van der Waals surface area (Å²) < 4.78 is 68.1. The summed E-state index contributed by atoms with van der Waals surface area (Å²) in [5.74, 6) is 0.170. The van der Waals surface area contributed by atoms with Gasteiger partial charge in [0.1, 0.15) is 19.3 Å². The maximum atomic E-state index is 13.0. The Hall–Kier alpha value is -1.94. The predicted molar refractivity (Wildman–Crippen MR) is 349 cm³/mol. The monoisotopic (exact) mass is 1280 g/mol. The van der Waals surface area contributed by atoms with Gasteiger partial charge in [-0.1, -0.05) is 286 Å². The van der Waals surface area contributed by atoms with Crippen LogP contribution in [0.1, 0.15) is 337 Å². The summed E-state index contributed by atoms with van der Waals surface area (Å²) in [6.45, 7) is 11.8. The average Bonchev–Trinajstić information content (AvgIpc) is 3.54. The van der Waals surface area contributed by atoms with Crippen LogP contribution in [0, 0.1) is 17.8 Å². The van der Waals surface area contributed by atoms with Crippen LogP contribution < -0.4 is 0 Å². The third-order valence-corrected chi connectivity index (χ3v) is 17.9. The van der Waals surface area contributed by atoms with Crippen LogP contribution in [0.4, 0.5) is 0 Å². The highest BCUT2D eigenvalue weighted by atomic mass is 31.2. The minimum absolute atomic E-state index is 0.104. The Morgan fingerprint density at radius 2 is 0.586 bits per heavy atom. The molecule has 6 atom stereocenters. The van der Waals surface area contributed by atoms with Crippen molar-refractivity contribution >= 4 is 39.5 Å². The number of ether oxygens (including phenoxy) is 4. The lowest BCUT2D eigenvalue weighted by atomic mass is 9.99. The second-order valence-corrected chi connectivity index (χ2v) is 28.7. The molecule has 0 fully saturated rings. The number of phosphoric ester groups is 2. The van der Waals surface area contributed by atoms with Gasteiger partial charge in [0.25, 0.3) is 0 Å². The van der Waals surface area contributed by atoms with Gasteiger partial charge in [-0.25, -0.2) is 9.13 Å². The predicted octanol–water partition coefficient (Wildman–Crippen LogP) is 19.1. The third-order valence-electron chi connectivity index (χ3n) is 16.0. The van der Waals surface area contributed by atoms with Crippen molar-refractivity contribution in [3.63, 3.8) is 0 Å². The Morgan fingerprint density at radius 1 is 0.333 bits per heavy atom. The number of carbonyl (C=O) groups is 4. The summed E-state index contributed by atoms with van der Waals surface area (Å²) >= 11 is 0. The second-order valence-electron chi connectivity index (χ2n) is 25.8. The van der Waals surface area contributed by atoms with E-state index >= 15 is 0 Å². The molecule has 17 nitrogen and oxygen atoms in total. The van der Waals surface area contributed by atoms with Crippen molar-refractivity contribution < 1.29 is 80.2 Å². The highest BCUT2D eigenvalue weighted by Gasteiger charge is 2.30. The van der Waals surface area contributed by atoms with Gasteiger partial charge in [-0.2, -0.15) is 0 Å². The Labute approximate surface area is 530 Å². The fraction of sp³-hybridized carbons (Fsp3) is 0.941. The summed E-state index contributed by atoms with van der Waals surface area (Å²) in [6.07, 6.45) is 41.7. The van der Waals surface area contributed by atoms with E-state index in [1.54, 1.807) is 0 Å². The zero-order chi connectivity index (χ0) is 64.5. The maximum absolute atomic E-state index is 13.0. The molecule has 0 rings (SSSR count). The molecular weight excluding hydrogens is 1150 g/mol. The SMILES string of the molecule is CCCCCCCCCC(=O)OC[C@H](COP(=O)(O)OC[C@H](O)COP(=O)(O)OC[C@@H](COC(=O)CCCCCCCCCCCCC(C)CC)OC(=O)CCCCCCCCCCCCCCC(C)C)OC(=O)CCCCCCCCCCC(C)C. The average molecular weight is 1280 g/mol. The van der Waals surface area contributed by atoms with Gasteiger partial charge in [0.15, 0.2) is 12.2 Å². The smallest absolute Gasteiger partial charge is 0.462 e. The highest BCUT2D eigenvalue weighted by molar-refractivity contribution is 7.47. The lowest BCUT2D eigenvalue weighted by molar-refractivity contribution is -0.161. The first-order valence-corrected chi connectivity index (χ1v) is 38.4. The van der Waals surface area contributed by atoms with Gasteiger partial charge in [-0.3, -0.25) is 37.3 Å². The number of aliphatic hydroxyl groups excluding tert-OH is 1. The fourth-order valence-electron chi connectivity index (χ4n) is 10.2. The van der Waals surface area contributed by atoms with Crippen LogP contribution in [0.3, 0.4) is 0 Å². The molecular formula is C68H132O17P2. The normalized spacial score (nSPS) is 14.6. The molecule has 0 amide bonds. The van der Waals surface area contributed by atoms with Crippen LogP contribution in [-0.2, 0) is 65.4 Å². The van der Waals surface area contributed by atoms with Gasteiger partial charge in [0.2, 0.25) is 0 Å². The molecule has 0 aliphatic rings. The van der Waals surface area contributed by atoms with Crippen molar-refractivity contribution in [2.24, 2.45) is 17.8 Å². The molecule has 19 heteroatoms. The van der Waals surface area contributed by atoms with E-state index in [0.717, 1.165) is 120 Å². The Morgan fingerprint density at radius 3 is 0.874 bits per heavy atom. The van der Waals surface area contributed by atoms with Crippen molar-refractivity contribution in [3.05, 3.63) is 0 Å². The van der Waals surface area contributed by atoms with E-state index in [2.05, 4.69) is 48.5 Å². The van der Waals surface area contributed by atoms with Crippen molar-refractivity contribution in [3.8, 4) is 0 Å². The number of unbranched alkanes of at least 4 members (excludes halogenated alkanes) is 33. The molecule has 3 unspecified atom stereocenters. The molecule has 0 spiro atoms. The van der Waals surface area contributed by atoms with E-state index in [1.165, 1.54) is 135 Å². The van der Waals surface area contributed by atoms with E-state index in [1.807, 2.05) is 0 Å². The lowest BCUT2D eigenvalue weighted by Gasteiger charge is -2.21. The quantitative estimate of drug-likeness (QED) is 0.0222. The minimum atomic E-state index is -4.95. The molecule has 0 aromatic carbocycles. The zero-order valence-corrected chi connectivity index (χ0v) is 58.3. The van der Waals surface area contributed by atoms with Gasteiger partial charge < -0.3 is 33.8 Å². The number of carbonyl (C=O) groups excluding carboxylic acids is 4. The molecule has 87 heavy (non-hydrogen) atoms. The van der Waals surface area contributed by atoms with Crippen molar-refractivity contribution in [1.82, 2.24) is 0 Å². The Balaban J connectivity index is 5.22. The van der Waals surface area contributed by atoms with Gasteiger partial charge in [-0.15, -0.1) is 0 Å². The van der Waals surface area contributed by atoms with Crippen LogP contribution in [0.2, 0.25) is 0 Å². The van der Waals surface area contributed by atoms with Gasteiger partial charge in [-0.05, 0) is 43.4 Å². The summed E-state index contributed by atoms with van der Waals surface area (Å²) in [7, 11) is -9.89. The summed E-state index contributed by atoms with van der Waals surface area (Å²) in [5.41, 5.74) is 0. The maximum Gasteiger partial charge on any atom is 0.472 e. The van der Waals surface area contributed by atoms with Crippen LogP contribution in [0.5, 0.6) is 0 Å². The van der Waals surface area contributed by atoms with E-state index in [0.29, 0.717) is 25.7 Å². The molecule has 0 saturated carbocycles. The number of phosphoric acid groups is 2. The first kappa shape index (κ1) is 85.1. The number of hydrogen-bond acceptors (Lipinski definition) is 15. The molecule has 3 N–H and O–H groups in total. The Kier molecular flexibility index (Phi) is 57.8. The first-order valence-electron chi connectivity index (χ1n) is 35.4. The minimum Gasteiger partial charge on any atom is -0.462 e. The zero-order valence-electron chi connectivity index (χ0n) is 56.5. The summed E-state index contributed by atoms with van der Waals surface area (Å²) in [6, 6.07) is 0. The number of aliphatic hydroxyl groups is 1. The molecule has 0 heterocycles. The van der Waals surface area contributed by atoms with Crippen LogP contribution in [0.15, 0.2) is 0 Å². The van der Waals surface area contributed by atoms with Crippen molar-refractivity contribution in [2.45, 2.75) is 356 Å². The standard InChI is InChI=1S/C68H132O17P2/c1-8-10-11-12-25-35-42-49-65(70)78-55-63(85-68(73)52-45-38-31-24-23-27-33-40-47-60(5)6)57-82-86(74,75)80-53-62(69)54-81-87(76,77)83-58-64(56-79-66(71)50-43-36-29-21-18-17-20-28-34-41-48-61(7)9-2)84-67(72)51-44-37-30-22-16-14-13-15-19-26-32-39-46-59(3)4/h59-64,69H,8-58H2,1-7H3,(H,74,75)(H,76,77)/t61?,62-,63+,64+/m0/s1. The van der Waals surface area contributed by atoms with E-state index in [4.69, 9.17) is 37.0 Å². The first-order chi connectivity index (χ1) is 41.8. The van der Waals surface area contributed by atoms with E-state index < -0.39 is 97.5 Å². The van der Waals surface area contributed by atoms with Gasteiger partial charge in [0, 0.05) is 25.7 Å². The highest BCUT2D eigenvalue weighted by Crippen LogP contribution is 2.45. The van der Waals surface area contributed by atoms with Crippen molar-refractivity contribution in [1.29, 1.82) is 0 Å². The van der Waals surface area contributed by atoms with Crippen LogP contribution >= 0.6 is 15.6 Å². The molecule has 0 aliphatic heterocycles. The third kappa shape index (κ3) is 61.3. The van der Waals surface area contributed by atoms with Crippen LogP contribution in [-0.4, -0.2) is 96.7 Å². The Bertz CT molecular complexity index is 1720. The summed E-state index contributed by atoms with van der Waals surface area (Å²) in [4.78, 5) is 72.3. The number of rotatable bonds is 66. The number of hydrogen-bond donors (Lipinski definition) is 3. The molecule has 0 aliphatic carbocycles. The van der Waals surface area contributed by atoms with E-state index in [9.17, 15) is 43.2 Å². The van der Waals surface area contributed by atoms with Gasteiger partial charge in [0.05, 0.1) is 26.4 Å². The van der Waals surface area contributed by atoms with Gasteiger partial charge >= 0.3 is 39.5 Å². The number of esters is 4. The van der Waals surface area contributed by atoms with E-state index in [-0.39, 0.29) is 25.7 Å². The molecule has 0 radical (unpaired) electrons. The van der Waals surface area contributed by atoms with Crippen molar-refractivity contribution in [2.75, 3.05) is 39.6 Å². The molecule has 516 valence electrons. The summed E-state index contributed by atoms with van der Waals surface area (Å²) in [5, 5.41) is 10.6. The topological polar surface area (TPSA) is 237 Å². The lowest BCUT2D eigenvalue weighted by Crippen LogP contribution is -2.30. The molecule has 0 bridgehead atoms. The molecule has 0 aromatic rings.